The van der Waals surface area contributed by atoms with E-state index < -0.39 is 0 Å². The van der Waals surface area contributed by atoms with Crippen LogP contribution >= 0.6 is 27.5 Å². The molecule has 0 aliphatic heterocycles. The maximum Gasteiger partial charge on any atom is 0.289 e. The summed E-state index contributed by atoms with van der Waals surface area (Å²) in [5.41, 5.74) is 6.21. The maximum atomic E-state index is 12.3. The standard InChI is InChI=1S/C24H18BrClN4O2/c25-19-3-1-2-17(12-19)14-27-30-24(31)23-13-22(28-29-23)18-6-10-21(11-7-18)32-15-16-4-8-20(26)9-5-16/h1-14H,15H2,(H,28,29)(H,30,31)/b27-14+. The highest BCUT2D eigenvalue weighted by atomic mass is 79.9. The van der Waals surface area contributed by atoms with Gasteiger partial charge in [-0.3, -0.25) is 9.89 Å². The van der Waals surface area contributed by atoms with Crippen molar-refractivity contribution in [1.29, 1.82) is 0 Å². The normalized spacial score (nSPS) is 10.9. The lowest BCUT2D eigenvalue weighted by atomic mass is 10.1. The largest absolute Gasteiger partial charge is 0.489 e. The van der Waals surface area contributed by atoms with Gasteiger partial charge in [-0.2, -0.15) is 10.2 Å². The van der Waals surface area contributed by atoms with Crippen molar-refractivity contribution in [2.75, 3.05) is 0 Å². The molecule has 0 spiro atoms. The molecular formula is C24H18BrClN4O2. The molecule has 4 rings (SSSR count). The number of nitrogens with zero attached hydrogens (tertiary/aromatic N) is 2. The Balaban J connectivity index is 1.34. The van der Waals surface area contributed by atoms with Gasteiger partial charge in [0.25, 0.3) is 5.91 Å². The minimum absolute atomic E-state index is 0.314. The summed E-state index contributed by atoms with van der Waals surface area (Å²) in [6.45, 7) is 0.448. The first-order valence-corrected chi connectivity index (χ1v) is 10.9. The number of carbonyl (C=O) groups is 1. The second-order valence-corrected chi connectivity index (χ2v) is 8.21. The van der Waals surface area contributed by atoms with E-state index in [2.05, 4.69) is 36.7 Å². The zero-order valence-corrected chi connectivity index (χ0v) is 19.1. The number of hydrogen-bond donors (Lipinski definition) is 2. The van der Waals surface area contributed by atoms with Crippen molar-refractivity contribution in [3.05, 3.63) is 105 Å². The summed E-state index contributed by atoms with van der Waals surface area (Å²) in [5, 5.41) is 11.6. The van der Waals surface area contributed by atoms with Crippen LogP contribution in [0.4, 0.5) is 0 Å². The van der Waals surface area contributed by atoms with Crippen molar-refractivity contribution >= 4 is 39.7 Å². The number of H-pyrrole nitrogens is 1. The molecule has 8 heteroatoms. The van der Waals surface area contributed by atoms with E-state index in [1.807, 2.05) is 72.8 Å². The fourth-order valence-corrected chi connectivity index (χ4v) is 3.41. The molecule has 0 aliphatic carbocycles. The Morgan fingerprint density at radius 2 is 1.88 bits per heavy atom. The van der Waals surface area contributed by atoms with Crippen molar-refractivity contribution in [2.45, 2.75) is 6.61 Å². The molecule has 160 valence electrons. The summed E-state index contributed by atoms with van der Waals surface area (Å²) in [6.07, 6.45) is 1.57. The predicted octanol–water partition coefficient (Wildman–Crippen LogP) is 5.84. The lowest BCUT2D eigenvalue weighted by molar-refractivity contribution is 0.0950. The van der Waals surface area contributed by atoms with Crippen LogP contribution in [0.3, 0.4) is 0 Å². The third-order valence-electron chi connectivity index (χ3n) is 4.52. The van der Waals surface area contributed by atoms with Gasteiger partial charge in [0.15, 0.2) is 0 Å². The maximum absolute atomic E-state index is 12.3. The van der Waals surface area contributed by atoms with Crippen LogP contribution in [0.1, 0.15) is 21.6 Å². The Labute approximate surface area is 198 Å². The van der Waals surface area contributed by atoms with Gasteiger partial charge in [-0.05, 0) is 65.7 Å². The third kappa shape index (κ3) is 5.84. The Hall–Kier alpha value is -3.42. The van der Waals surface area contributed by atoms with Gasteiger partial charge in [0.1, 0.15) is 18.1 Å². The molecule has 4 aromatic rings. The third-order valence-corrected chi connectivity index (χ3v) is 5.26. The second kappa shape index (κ2) is 10.3. The molecule has 0 bridgehead atoms. The minimum Gasteiger partial charge on any atom is -0.489 e. The Morgan fingerprint density at radius 1 is 1.09 bits per heavy atom. The number of hydrogen-bond acceptors (Lipinski definition) is 4. The SMILES string of the molecule is O=C(N/N=C/c1cccc(Br)c1)c1cc(-c2ccc(OCc3ccc(Cl)cc3)cc2)n[nH]1. The van der Waals surface area contributed by atoms with Crippen molar-refractivity contribution in [2.24, 2.45) is 5.10 Å². The first kappa shape index (κ1) is 21.8. The number of aromatic amines is 1. The van der Waals surface area contributed by atoms with Crippen LogP contribution in [0.5, 0.6) is 5.75 Å². The first-order chi connectivity index (χ1) is 15.6. The molecule has 0 fully saturated rings. The summed E-state index contributed by atoms with van der Waals surface area (Å²) in [6, 6.07) is 24.3. The zero-order valence-electron chi connectivity index (χ0n) is 16.8. The number of benzene rings is 3. The van der Waals surface area contributed by atoms with Crippen LogP contribution in [0.15, 0.2) is 88.4 Å². The molecule has 0 saturated heterocycles. The first-order valence-electron chi connectivity index (χ1n) is 9.69. The molecule has 0 aliphatic rings. The van der Waals surface area contributed by atoms with E-state index >= 15 is 0 Å². The molecule has 2 N–H and O–H groups in total. The molecule has 0 saturated carbocycles. The highest BCUT2D eigenvalue weighted by Gasteiger charge is 2.10. The van der Waals surface area contributed by atoms with Gasteiger partial charge in [-0.15, -0.1) is 0 Å². The quantitative estimate of drug-likeness (QED) is 0.243. The molecule has 1 aromatic heterocycles. The molecule has 1 amide bonds. The van der Waals surface area contributed by atoms with Gasteiger partial charge in [0.2, 0.25) is 0 Å². The smallest absolute Gasteiger partial charge is 0.289 e. The summed E-state index contributed by atoms with van der Waals surface area (Å²) in [7, 11) is 0. The molecule has 32 heavy (non-hydrogen) atoms. The average molecular weight is 510 g/mol. The Kier molecular flexibility index (Phi) is 6.99. The average Bonchev–Trinajstić information content (AvgIpc) is 3.30. The second-order valence-electron chi connectivity index (χ2n) is 6.86. The summed E-state index contributed by atoms with van der Waals surface area (Å²) in [4.78, 5) is 12.3. The number of ether oxygens (including phenoxy) is 1. The highest BCUT2D eigenvalue weighted by Crippen LogP contribution is 2.22. The molecule has 0 radical (unpaired) electrons. The lowest BCUT2D eigenvalue weighted by Gasteiger charge is -2.07. The number of amides is 1. The van der Waals surface area contributed by atoms with Gasteiger partial charge in [-0.1, -0.05) is 51.8 Å². The van der Waals surface area contributed by atoms with E-state index in [1.165, 1.54) is 0 Å². The van der Waals surface area contributed by atoms with E-state index in [0.717, 1.165) is 26.9 Å². The Morgan fingerprint density at radius 3 is 2.62 bits per heavy atom. The molecule has 1 heterocycles. The van der Waals surface area contributed by atoms with E-state index in [0.29, 0.717) is 23.0 Å². The summed E-state index contributed by atoms with van der Waals surface area (Å²) < 4.78 is 6.74. The van der Waals surface area contributed by atoms with Gasteiger partial charge >= 0.3 is 0 Å². The van der Waals surface area contributed by atoms with Crippen LogP contribution in [0, 0.1) is 0 Å². The number of hydrazone groups is 1. The van der Waals surface area contributed by atoms with Crippen molar-refractivity contribution in [1.82, 2.24) is 15.6 Å². The topological polar surface area (TPSA) is 79.4 Å². The van der Waals surface area contributed by atoms with Crippen LogP contribution < -0.4 is 10.2 Å². The van der Waals surface area contributed by atoms with Crippen LogP contribution in [-0.2, 0) is 6.61 Å². The monoisotopic (exact) mass is 508 g/mol. The number of aromatic nitrogens is 2. The Bertz CT molecular complexity index is 1240. The fourth-order valence-electron chi connectivity index (χ4n) is 2.87. The van der Waals surface area contributed by atoms with Gasteiger partial charge in [-0.25, -0.2) is 5.43 Å². The van der Waals surface area contributed by atoms with Crippen molar-refractivity contribution in [3.63, 3.8) is 0 Å². The molecule has 3 aromatic carbocycles. The van der Waals surface area contributed by atoms with Crippen LogP contribution in [0.2, 0.25) is 5.02 Å². The van der Waals surface area contributed by atoms with E-state index in [1.54, 1.807) is 12.3 Å². The van der Waals surface area contributed by atoms with Crippen LogP contribution in [-0.4, -0.2) is 22.3 Å². The summed E-state index contributed by atoms with van der Waals surface area (Å²) >= 11 is 9.29. The zero-order chi connectivity index (χ0) is 22.3. The van der Waals surface area contributed by atoms with Gasteiger partial charge < -0.3 is 4.74 Å². The minimum atomic E-state index is -0.377. The molecular weight excluding hydrogens is 492 g/mol. The number of rotatable bonds is 7. The molecule has 0 unspecified atom stereocenters. The van der Waals surface area contributed by atoms with Gasteiger partial charge in [0.05, 0.1) is 11.9 Å². The summed E-state index contributed by atoms with van der Waals surface area (Å²) in [5.74, 6) is 0.358. The molecule has 6 nitrogen and oxygen atoms in total. The van der Waals surface area contributed by atoms with E-state index in [-0.39, 0.29) is 5.91 Å². The van der Waals surface area contributed by atoms with Gasteiger partial charge in [0, 0.05) is 15.1 Å². The number of halogens is 2. The fraction of sp³-hybridized carbons (Fsp3) is 0.0417. The van der Waals surface area contributed by atoms with E-state index in [4.69, 9.17) is 16.3 Å². The molecule has 0 atom stereocenters. The van der Waals surface area contributed by atoms with Crippen molar-refractivity contribution in [3.8, 4) is 17.0 Å². The van der Waals surface area contributed by atoms with Crippen molar-refractivity contribution < 1.29 is 9.53 Å². The lowest BCUT2D eigenvalue weighted by Crippen LogP contribution is -2.17. The highest BCUT2D eigenvalue weighted by molar-refractivity contribution is 9.10. The van der Waals surface area contributed by atoms with E-state index in [9.17, 15) is 4.79 Å². The van der Waals surface area contributed by atoms with Crippen LogP contribution in [0.25, 0.3) is 11.3 Å². The predicted molar refractivity (Wildman–Crippen MR) is 129 cm³/mol. The number of carbonyl (C=O) groups excluding carboxylic acids is 1. The number of nitrogens with one attached hydrogen (secondary N) is 2.